The minimum atomic E-state index is -0.419. The molecule has 0 heterocycles. The summed E-state index contributed by atoms with van der Waals surface area (Å²) in [4.78, 5) is 26.0. The van der Waals surface area contributed by atoms with Gasteiger partial charge in [-0.2, -0.15) is 5.26 Å². The smallest absolute Gasteiger partial charge is 0.310 e. The molecule has 1 atom stereocenters. The SMILES string of the molecule is COC(=O)C(C)CN(C)C(=O)c1ccccc1-c1ccccc1C#N. The Morgan fingerprint density at radius 3 is 2.36 bits per heavy atom. The molecule has 25 heavy (non-hydrogen) atoms. The van der Waals surface area contributed by atoms with Crippen molar-refractivity contribution in [2.75, 3.05) is 20.7 Å². The van der Waals surface area contributed by atoms with Gasteiger partial charge >= 0.3 is 5.97 Å². The maximum absolute atomic E-state index is 12.9. The van der Waals surface area contributed by atoms with Gasteiger partial charge in [0.25, 0.3) is 5.91 Å². The first-order valence-corrected chi connectivity index (χ1v) is 7.91. The van der Waals surface area contributed by atoms with E-state index in [4.69, 9.17) is 4.74 Å². The van der Waals surface area contributed by atoms with Gasteiger partial charge in [-0.1, -0.05) is 43.3 Å². The van der Waals surface area contributed by atoms with Crippen LogP contribution in [0.5, 0.6) is 0 Å². The van der Waals surface area contributed by atoms with Gasteiger partial charge in [0.1, 0.15) is 0 Å². The Bertz CT molecular complexity index is 824. The van der Waals surface area contributed by atoms with E-state index in [0.717, 1.165) is 0 Å². The summed E-state index contributed by atoms with van der Waals surface area (Å²) in [5.74, 6) is -0.987. The number of ether oxygens (including phenoxy) is 1. The van der Waals surface area contributed by atoms with Crippen LogP contribution in [0, 0.1) is 17.2 Å². The molecular formula is C20H20N2O3. The van der Waals surface area contributed by atoms with E-state index in [-0.39, 0.29) is 18.4 Å². The van der Waals surface area contributed by atoms with Gasteiger partial charge in [-0.3, -0.25) is 9.59 Å². The molecule has 0 spiro atoms. The minimum absolute atomic E-state index is 0.209. The van der Waals surface area contributed by atoms with Gasteiger partial charge in [0.05, 0.1) is 24.7 Å². The fourth-order valence-electron chi connectivity index (χ4n) is 2.70. The van der Waals surface area contributed by atoms with Gasteiger partial charge < -0.3 is 9.64 Å². The lowest BCUT2D eigenvalue weighted by molar-refractivity contribution is -0.145. The largest absolute Gasteiger partial charge is 0.469 e. The van der Waals surface area contributed by atoms with Crippen LogP contribution >= 0.6 is 0 Å². The Morgan fingerprint density at radius 2 is 1.72 bits per heavy atom. The molecule has 0 radical (unpaired) electrons. The van der Waals surface area contributed by atoms with Crippen molar-refractivity contribution in [1.82, 2.24) is 4.90 Å². The number of esters is 1. The molecule has 2 aromatic carbocycles. The number of nitrogens with zero attached hydrogens (tertiary/aromatic N) is 2. The lowest BCUT2D eigenvalue weighted by atomic mass is 9.95. The second kappa shape index (κ2) is 8.11. The van der Waals surface area contributed by atoms with Crippen LogP contribution in [0.4, 0.5) is 0 Å². The highest BCUT2D eigenvalue weighted by molar-refractivity contribution is 6.01. The molecule has 0 saturated carbocycles. The first kappa shape index (κ1) is 18.2. The highest BCUT2D eigenvalue weighted by Gasteiger charge is 2.22. The Labute approximate surface area is 147 Å². The summed E-state index contributed by atoms with van der Waals surface area (Å²) in [6.07, 6.45) is 0. The zero-order chi connectivity index (χ0) is 18.4. The number of hydrogen-bond acceptors (Lipinski definition) is 4. The van der Waals surface area contributed by atoms with E-state index >= 15 is 0 Å². The molecule has 0 N–H and O–H groups in total. The quantitative estimate of drug-likeness (QED) is 0.787. The summed E-state index contributed by atoms with van der Waals surface area (Å²) in [7, 11) is 2.98. The summed E-state index contributed by atoms with van der Waals surface area (Å²) < 4.78 is 4.71. The van der Waals surface area contributed by atoms with Crippen molar-refractivity contribution in [2.45, 2.75) is 6.92 Å². The van der Waals surface area contributed by atoms with Gasteiger partial charge in [-0.05, 0) is 17.7 Å². The minimum Gasteiger partial charge on any atom is -0.469 e. The Morgan fingerprint density at radius 1 is 1.12 bits per heavy atom. The maximum atomic E-state index is 12.9. The number of carbonyl (C=O) groups excluding carboxylic acids is 2. The van der Waals surface area contributed by atoms with Crippen LogP contribution < -0.4 is 0 Å². The summed E-state index contributed by atoms with van der Waals surface area (Å²) >= 11 is 0. The number of carbonyl (C=O) groups is 2. The molecule has 0 aliphatic rings. The number of benzene rings is 2. The molecule has 0 aromatic heterocycles. The molecule has 5 heteroatoms. The number of hydrogen-bond donors (Lipinski definition) is 0. The number of amides is 1. The van der Waals surface area contributed by atoms with E-state index in [0.29, 0.717) is 22.3 Å². The van der Waals surface area contributed by atoms with Gasteiger partial charge in [0, 0.05) is 24.7 Å². The summed E-state index contributed by atoms with van der Waals surface area (Å²) in [6.45, 7) is 1.96. The highest BCUT2D eigenvalue weighted by atomic mass is 16.5. The zero-order valence-corrected chi connectivity index (χ0v) is 14.5. The third kappa shape index (κ3) is 4.04. The summed E-state index contributed by atoms with van der Waals surface area (Å²) in [5, 5.41) is 9.33. The van der Waals surface area contributed by atoms with Crippen LogP contribution in [-0.2, 0) is 9.53 Å². The summed E-state index contributed by atoms with van der Waals surface area (Å²) in [6, 6.07) is 16.5. The molecule has 1 amide bonds. The fourth-order valence-corrected chi connectivity index (χ4v) is 2.70. The van der Waals surface area contributed by atoms with Gasteiger partial charge in [-0.15, -0.1) is 0 Å². The summed E-state index contributed by atoms with van der Waals surface area (Å²) in [5.41, 5.74) is 2.41. The maximum Gasteiger partial charge on any atom is 0.310 e. The molecule has 0 aliphatic carbocycles. The lowest BCUT2D eigenvalue weighted by Gasteiger charge is -2.22. The number of rotatable bonds is 5. The molecule has 2 aromatic rings. The van der Waals surface area contributed by atoms with Gasteiger partial charge in [-0.25, -0.2) is 0 Å². The van der Waals surface area contributed by atoms with E-state index in [1.54, 1.807) is 38.2 Å². The average molecular weight is 336 g/mol. The van der Waals surface area contributed by atoms with E-state index in [9.17, 15) is 14.9 Å². The Hall–Kier alpha value is -3.13. The molecule has 0 bridgehead atoms. The normalized spacial score (nSPS) is 11.3. The van der Waals surface area contributed by atoms with E-state index in [1.165, 1.54) is 12.0 Å². The topological polar surface area (TPSA) is 70.4 Å². The van der Waals surface area contributed by atoms with Crippen molar-refractivity contribution in [3.8, 4) is 17.2 Å². The zero-order valence-electron chi connectivity index (χ0n) is 14.5. The Balaban J connectivity index is 2.36. The van der Waals surface area contributed by atoms with Crippen LogP contribution in [0.2, 0.25) is 0 Å². The van der Waals surface area contributed by atoms with Crippen molar-refractivity contribution in [3.05, 3.63) is 59.7 Å². The van der Waals surface area contributed by atoms with Crippen molar-refractivity contribution in [3.63, 3.8) is 0 Å². The lowest BCUT2D eigenvalue weighted by Crippen LogP contribution is -2.34. The van der Waals surface area contributed by atoms with Gasteiger partial charge in [0.2, 0.25) is 0 Å². The van der Waals surface area contributed by atoms with Crippen LogP contribution in [0.1, 0.15) is 22.8 Å². The molecular weight excluding hydrogens is 316 g/mol. The van der Waals surface area contributed by atoms with E-state index in [2.05, 4.69) is 6.07 Å². The Kier molecular flexibility index (Phi) is 5.91. The monoisotopic (exact) mass is 336 g/mol. The van der Waals surface area contributed by atoms with Crippen molar-refractivity contribution >= 4 is 11.9 Å². The molecule has 0 saturated heterocycles. The van der Waals surface area contributed by atoms with Crippen LogP contribution in [0.25, 0.3) is 11.1 Å². The second-order valence-corrected chi connectivity index (χ2v) is 5.81. The predicted octanol–water partition coefficient (Wildman–Crippen LogP) is 3.11. The highest BCUT2D eigenvalue weighted by Crippen LogP contribution is 2.27. The third-order valence-corrected chi connectivity index (χ3v) is 3.99. The van der Waals surface area contributed by atoms with Crippen LogP contribution in [0.15, 0.2) is 48.5 Å². The first-order valence-electron chi connectivity index (χ1n) is 7.91. The van der Waals surface area contributed by atoms with Crippen molar-refractivity contribution in [1.29, 1.82) is 5.26 Å². The number of methoxy groups -OCH3 is 1. The second-order valence-electron chi connectivity index (χ2n) is 5.81. The molecule has 5 nitrogen and oxygen atoms in total. The first-order chi connectivity index (χ1) is 12.0. The van der Waals surface area contributed by atoms with Crippen molar-refractivity contribution < 1.29 is 14.3 Å². The molecule has 0 aliphatic heterocycles. The third-order valence-electron chi connectivity index (χ3n) is 3.99. The average Bonchev–Trinajstić information content (AvgIpc) is 2.66. The molecule has 0 fully saturated rings. The molecule has 2 rings (SSSR count). The molecule has 1 unspecified atom stereocenters. The standard InChI is InChI=1S/C20H20N2O3/c1-14(20(24)25-3)13-22(2)19(23)18-11-7-6-10-17(18)16-9-5-4-8-15(16)12-21/h4-11,14H,13H2,1-3H3. The van der Waals surface area contributed by atoms with Gasteiger partial charge in [0.15, 0.2) is 0 Å². The van der Waals surface area contributed by atoms with E-state index < -0.39 is 5.92 Å². The van der Waals surface area contributed by atoms with Crippen molar-refractivity contribution in [2.24, 2.45) is 5.92 Å². The predicted molar refractivity (Wildman–Crippen MR) is 94.7 cm³/mol. The van der Waals surface area contributed by atoms with Crippen LogP contribution in [0.3, 0.4) is 0 Å². The van der Waals surface area contributed by atoms with E-state index in [1.807, 2.05) is 24.3 Å². The fraction of sp³-hybridized carbons (Fsp3) is 0.250. The molecule has 128 valence electrons. The number of nitriles is 1. The van der Waals surface area contributed by atoms with Crippen LogP contribution in [-0.4, -0.2) is 37.5 Å².